The maximum absolute atomic E-state index is 12.5. The Morgan fingerprint density at radius 1 is 0.900 bits per heavy atom. The van der Waals surface area contributed by atoms with Gasteiger partial charge in [-0.3, -0.25) is 9.59 Å². The molecule has 0 aliphatic carbocycles. The average Bonchev–Trinajstić information content (AvgIpc) is 2.70. The number of para-hydroxylation sites is 1. The molecule has 3 aromatic carbocycles. The van der Waals surface area contributed by atoms with Gasteiger partial charge in [0, 0.05) is 11.1 Å². The average molecular weight is 424 g/mol. The summed E-state index contributed by atoms with van der Waals surface area (Å²) >= 11 is 6.00. The summed E-state index contributed by atoms with van der Waals surface area (Å²) in [6.45, 7) is 0. The molecule has 154 valence electrons. The smallest absolute Gasteiger partial charge is 0.305 e. The highest BCUT2D eigenvalue weighted by molar-refractivity contribution is 6.30. The summed E-state index contributed by atoms with van der Waals surface area (Å²) in [5, 5.41) is 12.6. The zero-order chi connectivity index (χ0) is 21.3. The van der Waals surface area contributed by atoms with E-state index < -0.39 is 12.0 Å². The van der Waals surface area contributed by atoms with Crippen LogP contribution in [0.3, 0.4) is 0 Å². The number of carboxylic acids is 1. The number of hydrogen-bond donors (Lipinski definition) is 2. The molecule has 2 N–H and O–H groups in total. The van der Waals surface area contributed by atoms with Crippen LogP contribution in [-0.2, 0) is 22.4 Å². The van der Waals surface area contributed by atoms with Gasteiger partial charge in [0.2, 0.25) is 5.91 Å². The highest BCUT2D eigenvalue weighted by atomic mass is 35.5. The second-order valence-corrected chi connectivity index (χ2v) is 7.37. The van der Waals surface area contributed by atoms with E-state index in [4.69, 9.17) is 16.3 Å². The Labute approximate surface area is 180 Å². The van der Waals surface area contributed by atoms with Crippen molar-refractivity contribution >= 4 is 23.5 Å². The first-order valence-corrected chi connectivity index (χ1v) is 9.93. The first-order valence-electron chi connectivity index (χ1n) is 9.55. The zero-order valence-electron chi connectivity index (χ0n) is 16.3. The second-order valence-electron chi connectivity index (χ2n) is 6.93. The molecule has 3 aromatic rings. The normalized spacial score (nSPS) is 11.5. The summed E-state index contributed by atoms with van der Waals surface area (Å²) in [6, 6.07) is 23.3. The Morgan fingerprint density at radius 3 is 2.27 bits per heavy atom. The predicted octanol–water partition coefficient (Wildman–Crippen LogP) is 4.88. The summed E-state index contributed by atoms with van der Waals surface area (Å²) in [5.74, 6) is 0.209. The van der Waals surface area contributed by atoms with E-state index >= 15 is 0 Å². The van der Waals surface area contributed by atoms with Gasteiger partial charge in [0.15, 0.2) is 0 Å². The molecule has 0 spiro atoms. The summed E-state index contributed by atoms with van der Waals surface area (Å²) < 4.78 is 5.75. The maximum Gasteiger partial charge on any atom is 0.305 e. The lowest BCUT2D eigenvalue weighted by molar-refractivity contribution is -0.137. The van der Waals surface area contributed by atoms with Gasteiger partial charge < -0.3 is 15.2 Å². The second kappa shape index (κ2) is 10.5. The van der Waals surface area contributed by atoms with Gasteiger partial charge in [-0.15, -0.1) is 0 Å². The fraction of sp³-hybridized carbons (Fsp3) is 0.167. The van der Waals surface area contributed by atoms with E-state index in [-0.39, 0.29) is 18.7 Å². The van der Waals surface area contributed by atoms with Crippen molar-refractivity contribution in [2.24, 2.45) is 0 Å². The third kappa shape index (κ3) is 6.94. The fourth-order valence-electron chi connectivity index (χ4n) is 3.10. The standard InChI is InChI=1S/C24H22ClNO4/c25-19-6-4-5-18(13-19)14-20(16-24(28)29)26-23(27)15-17-9-11-22(12-10-17)30-21-7-2-1-3-8-21/h1-13,20H,14-16H2,(H,26,27)(H,28,29)/t20-/m1/s1. The van der Waals surface area contributed by atoms with Gasteiger partial charge in [0.05, 0.1) is 12.8 Å². The van der Waals surface area contributed by atoms with Crippen LogP contribution in [0.25, 0.3) is 0 Å². The summed E-state index contributed by atoms with van der Waals surface area (Å²) in [4.78, 5) is 23.7. The van der Waals surface area contributed by atoms with E-state index in [0.29, 0.717) is 17.2 Å². The zero-order valence-corrected chi connectivity index (χ0v) is 17.0. The highest BCUT2D eigenvalue weighted by Gasteiger charge is 2.17. The third-order valence-electron chi connectivity index (χ3n) is 4.42. The molecule has 0 saturated carbocycles. The number of aliphatic carboxylic acids is 1. The third-order valence-corrected chi connectivity index (χ3v) is 4.66. The number of ether oxygens (including phenoxy) is 1. The molecule has 1 atom stereocenters. The number of rotatable bonds is 9. The molecule has 0 saturated heterocycles. The van der Waals surface area contributed by atoms with Crippen molar-refractivity contribution in [1.29, 1.82) is 0 Å². The number of benzene rings is 3. The Bertz CT molecular complexity index is 990. The molecule has 0 aromatic heterocycles. The van der Waals surface area contributed by atoms with Crippen LogP contribution in [0.1, 0.15) is 17.5 Å². The topological polar surface area (TPSA) is 75.6 Å². The van der Waals surface area contributed by atoms with E-state index in [1.54, 1.807) is 30.3 Å². The number of hydrogen-bond acceptors (Lipinski definition) is 3. The summed E-state index contributed by atoms with van der Waals surface area (Å²) in [6.07, 6.45) is 0.377. The minimum absolute atomic E-state index is 0.150. The maximum atomic E-state index is 12.5. The molecular formula is C24H22ClNO4. The number of carbonyl (C=O) groups is 2. The fourth-order valence-corrected chi connectivity index (χ4v) is 3.31. The van der Waals surface area contributed by atoms with E-state index in [1.165, 1.54) is 0 Å². The van der Waals surface area contributed by atoms with Crippen LogP contribution in [0.15, 0.2) is 78.9 Å². The van der Waals surface area contributed by atoms with E-state index in [0.717, 1.165) is 16.9 Å². The lowest BCUT2D eigenvalue weighted by atomic mass is 10.0. The Hall–Kier alpha value is -3.31. The number of amides is 1. The van der Waals surface area contributed by atoms with Crippen LogP contribution >= 0.6 is 11.6 Å². The molecule has 0 bridgehead atoms. The van der Waals surface area contributed by atoms with E-state index in [9.17, 15) is 14.7 Å². The molecule has 5 nitrogen and oxygen atoms in total. The molecule has 3 rings (SSSR count). The lowest BCUT2D eigenvalue weighted by Crippen LogP contribution is -2.38. The van der Waals surface area contributed by atoms with Crippen LogP contribution in [0.5, 0.6) is 11.5 Å². The molecular weight excluding hydrogens is 402 g/mol. The van der Waals surface area contributed by atoms with Crippen molar-refractivity contribution in [2.45, 2.75) is 25.3 Å². The van der Waals surface area contributed by atoms with Gasteiger partial charge in [-0.1, -0.05) is 54.1 Å². The van der Waals surface area contributed by atoms with Crippen molar-refractivity contribution < 1.29 is 19.4 Å². The van der Waals surface area contributed by atoms with Crippen molar-refractivity contribution in [2.75, 3.05) is 0 Å². The Morgan fingerprint density at radius 2 is 1.60 bits per heavy atom. The SMILES string of the molecule is O=C(O)C[C@@H](Cc1cccc(Cl)c1)NC(=O)Cc1ccc(Oc2ccccc2)cc1. The molecule has 0 unspecified atom stereocenters. The molecule has 0 aliphatic rings. The van der Waals surface area contributed by atoms with Gasteiger partial charge in [-0.05, 0) is 53.9 Å². The molecule has 0 fully saturated rings. The van der Waals surface area contributed by atoms with Crippen LogP contribution in [0.2, 0.25) is 5.02 Å². The molecule has 6 heteroatoms. The largest absolute Gasteiger partial charge is 0.481 e. The number of carboxylic acid groups (broad SMARTS) is 1. The van der Waals surface area contributed by atoms with Gasteiger partial charge in [-0.25, -0.2) is 0 Å². The van der Waals surface area contributed by atoms with Crippen LogP contribution in [0, 0.1) is 0 Å². The van der Waals surface area contributed by atoms with Crippen LogP contribution in [-0.4, -0.2) is 23.0 Å². The van der Waals surface area contributed by atoms with Gasteiger partial charge >= 0.3 is 5.97 Å². The number of nitrogens with one attached hydrogen (secondary N) is 1. The van der Waals surface area contributed by atoms with E-state index in [2.05, 4.69) is 5.32 Å². The predicted molar refractivity (Wildman–Crippen MR) is 116 cm³/mol. The monoisotopic (exact) mass is 423 g/mol. The first-order chi connectivity index (χ1) is 14.5. The number of halogens is 1. The van der Waals surface area contributed by atoms with E-state index in [1.807, 2.05) is 48.5 Å². The van der Waals surface area contributed by atoms with Gasteiger partial charge in [0.25, 0.3) is 0 Å². The van der Waals surface area contributed by atoms with Crippen molar-refractivity contribution in [3.05, 3.63) is 95.0 Å². The molecule has 0 aliphatic heterocycles. The Kier molecular flexibility index (Phi) is 7.46. The molecule has 1 amide bonds. The summed E-state index contributed by atoms with van der Waals surface area (Å²) in [5.41, 5.74) is 1.68. The highest BCUT2D eigenvalue weighted by Crippen LogP contribution is 2.21. The van der Waals surface area contributed by atoms with Gasteiger partial charge in [0.1, 0.15) is 11.5 Å². The molecule has 0 radical (unpaired) electrons. The van der Waals surface area contributed by atoms with Crippen molar-refractivity contribution in [3.8, 4) is 11.5 Å². The quantitative estimate of drug-likeness (QED) is 0.514. The lowest BCUT2D eigenvalue weighted by Gasteiger charge is -2.17. The van der Waals surface area contributed by atoms with Crippen LogP contribution < -0.4 is 10.1 Å². The van der Waals surface area contributed by atoms with Gasteiger partial charge in [-0.2, -0.15) is 0 Å². The minimum atomic E-state index is -0.968. The minimum Gasteiger partial charge on any atom is -0.481 e. The molecule has 0 heterocycles. The molecule has 30 heavy (non-hydrogen) atoms. The van der Waals surface area contributed by atoms with Crippen LogP contribution in [0.4, 0.5) is 0 Å². The summed E-state index contributed by atoms with van der Waals surface area (Å²) in [7, 11) is 0. The number of carbonyl (C=O) groups excluding carboxylic acids is 1. The van der Waals surface area contributed by atoms with Crippen molar-refractivity contribution in [3.63, 3.8) is 0 Å². The van der Waals surface area contributed by atoms with Crippen molar-refractivity contribution in [1.82, 2.24) is 5.32 Å². The Balaban J connectivity index is 1.58. The first kappa shape index (κ1) is 21.4.